The minimum atomic E-state index is -0.0323. The molecule has 3 heteroatoms. The van der Waals surface area contributed by atoms with Gasteiger partial charge in [0.15, 0.2) is 0 Å². The second kappa shape index (κ2) is 5.36. The van der Waals surface area contributed by atoms with Crippen molar-refractivity contribution in [1.82, 2.24) is 4.98 Å². The lowest BCUT2D eigenvalue weighted by Crippen LogP contribution is -2.65. The molecule has 0 saturated carbocycles. The molecule has 0 aliphatic carbocycles. The highest BCUT2D eigenvalue weighted by molar-refractivity contribution is 5.78. The third-order valence-corrected chi connectivity index (χ3v) is 4.46. The molecule has 1 aromatic heterocycles. The summed E-state index contributed by atoms with van der Waals surface area (Å²) >= 11 is 0. The van der Waals surface area contributed by atoms with Crippen LogP contribution in [-0.2, 0) is 6.42 Å². The van der Waals surface area contributed by atoms with Crippen LogP contribution in [0, 0.1) is 0 Å². The van der Waals surface area contributed by atoms with E-state index >= 15 is 0 Å². The fourth-order valence-corrected chi connectivity index (χ4v) is 3.28. The van der Waals surface area contributed by atoms with E-state index in [2.05, 4.69) is 59.3 Å². The molecule has 0 unspecified atom stereocenters. The molecule has 2 heterocycles. The number of nitrogens with zero attached hydrogens (tertiary/aromatic N) is 2. The molecule has 3 nitrogen and oxygen atoms in total. The first-order valence-electron chi connectivity index (χ1n) is 8.06. The first-order valence-corrected chi connectivity index (χ1v) is 8.06. The van der Waals surface area contributed by atoms with Gasteiger partial charge in [0.25, 0.3) is 0 Å². The standard InChI is InChI=1S/C20H21N3/c1-20(21)13-23(14-20)18-8-6-15(7-9-18)10-16-11-17-4-2-3-5-19(17)22-12-16/h2-9,11-12H,10,13-14,21H2,1H3. The van der Waals surface area contributed by atoms with Crippen molar-refractivity contribution in [2.24, 2.45) is 5.73 Å². The van der Waals surface area contributed by atoms with Crippen LogP contribution >= 0.6 is 0 Å². The van der Waals surface area contributed by atoms with Crippen LogP contribution in [0.25, 0.3) is 10.9 Å². The van der Waals surface area contributed by atoms with Gasteiger partial charge in [0.05, 0.1) is 5.52 Å². The minimum Gasteiger partial charge on any atom is -0.368 e. The zero-order valence-corrected chi connectivity index (χ0v) is 13.4. The van der Waals surface area contributed by atoms with Gasteiger partial charge < -0.3 is 10.6 Å². The fourth-order valence-electron chi connectivity index (χ4n) is 3.28. The lowest BCUT2D eigenvalue weighted by molar-refractivity contribution is 0.365. The van der Waals surface area contributed by atoms with E-state index in [0.29, 0.717) is 0 Å². The number of pyridine rings is 1. The molecule has 3 aromatic rings. The molecule has 0 radical (unpaired) electrons. The lowest BCUT2D eigenvalue weighted by Gasteiger charge is -2.47. The van der Waals surface area contributed by atoms with E-state index in [4.69, 9.17) is 5.73 Å². The molecule has 0 bridgehead atoms. The molecular formula is C20H21N3. The quantitative estimate of drug-likeness (QED) is 0.806. The number of para-hydroxylation sites is 1. The summed E-state index contributed by atoms with van der Waals surface area (Å²) in [5, 5.41) is 1.20. The van der Waals surface area contributed by atoms with Crippen LogP contribution in [-0.4, -0.2) is 23.6 Å². The van der Waals surface area contributed by atoms with Crippen molar-refractivity contribution in [3.8, 4) is 0 Å². The SMILES string of the molecule is CC1(N)CN(c2ccc(Cc3cnc4ccccc4c3)cc2)C1. The molecule has 1 aliphatic rings. The molecule has 116 valence electrons. The Morgan fingerprint density at radius 2 is 1.78 bits per heavy atom. The van der Waals surface area contributed by atoms with E-state index in [-0.39, 0.29) is 5.54 Å². The Hall–Kier alpha value is -2.39. The summed E-state index contributed by atoms with van der Waals surface area (Å²) in [6.45, 7) is 3.96. The summed E-state index contributed by atoms with van der Waals surface area (Å²) < 4.78 is 0. The maximum absolute atomic E-state index is 6.08. The van der Waals surface area contributed by atoms with Crippen LogP contribution in [0.1, 0.15) is 18.1 Å². The molecule has 2 N–H and O–H groups in total. The van der Waals surface area contributed by atoms with Gasteiger partial charge in [-0.15, -0.1) is 0 Å². The van der Waals surface area contributed by atoms with Gasteiger partial charge in [-0.2, -0.15) is 0 Å². The van der Waals surface area contributed by atoms with Gasteiger partial charge >= 0.3 is 0 Å². The van der Waals surface area contributed by atoms with E-state index < -0.39 is 0 Å². The highest BCUT2D eigenvalue weighted by atomic mass is 15.2. The largest absolute Gasteiger partial charge is 0.368 e. The van der Waals surface area contributed by atoms with Gasteiger partial charge in [0, 0.05) is 35.9 Å². The fraction of sp³-hybridized carbons (Fsp3) is 0.250. The Kier molecular flexibility index (Phi) is 3.31. The Balaban J connectivity index is 1.50. The Morgan fingerprint density at radius 3 is 2.52 bits per heavy atom. The van der Waals surface area contributed by atoms with Crippen molar-refractivity contribution in [3.05, 3.63) is 71.9 Å². The average molecular weight is 303 g/mol. The van der Waals surface area contributed by atoms with Crippen LogP contribution in [0.5, 0.6) is 0 Å². The van der Waals surface area contributed by atoms with Crippen molar-refractivity contribution in [2.45, 2.75) is 18.9 Å². The smallest absolute Gasteiger partial charge is 0.0702 e. The Bertz CT molecular complexity index is 829. The molecule has 0 atom stereocenters. The van der Waals surface area contributed by atoms with Crippen molar-refractivity contribution >= 4 is 16.6 Å². The van der Waals surface area contributed by atoms with E-state index in [1.54, 1.807) is 0 Å². The van der Waals surface area contributed by atoms with Gasteiger partial charge in [0.2, 0.25) is 0 Å². The van der Waals surface area contributed by atoms with Crippen LogP contribution < -0.4 is 10.6 Å². The lowest BCUT2D eigenvalue weighted by atomic mass is 9.93. The van der Waals surface area contributed by atoms with Crippen LogP contribution in [0.2, 0.25) is 0 Å². The predicted octanol–water partition coefficient (Wildman–Crippen LogP) is 3.36. The summed E-state index contributed by atoms with van der Waals surface area (Å²) in [5.74, 6) is 0. The zero-order chi connectivity index (χ0) is 15.9. The van der Waals surface area contributed by atoms with Crippen molar-refractivity contribution < 1.29 is 0 Å². The molecule has 23 heavy (non-hydrogen) atoms. The number of hydrogen-bond acceptors (Lipinski definition) is 3. The van der Waals surface area contributed by atoms with Crippen molar-refractivity contribution in [2.75, 3.05) is 18.0 Å². The molecule has 1 fully saturated rings. The number of aromatic nitrogens is 1. The molecule has 1 aliphatic heterocycles. The maximum Gasteiger partial charge on any atom is 0.0702 e. The van der Waals surface area contributed by atoms with E-state index in [0.717, 1.165) is 25.0 Å². The number of fused-ring (bicyclic) bond motifs is 1. The first kappa shape index (κ1) is 14.2. The van der Waals surface area contributed by atoms with Crippen molar-refractivity contribution in [1.29, 1.82) is 0 Å². The summed E-state index contributed by atoms with van der Waals surface area (Å²) in [5.41, 5.74) is 10.9. The van der Waals surface area contributed by atoms with Crippen LogP contribution in [0.4, 0.5) is 5.69 Å². The monoisotopic (exact) mass is 303 g/mol. The van der Waals surface area contributed by atoms with Gasteiger partial charge in [0.1, 0.15) is 0 Å². The Morgan fingerprint density at radius 1 is 1.04 bits per heavy atom. The summed E-state index contributed by atoms with van der Waals surface area (Å²) in [6, 6.07) is 19.3. The third kappa shape index (κ3) is 2.92. The number of rotatable bonds is 3. The first-order chi connectivity index (χ1) is 11.1. The van der Waals surface area contributed by atoms with Crippen LogP contribution in [0.3, 0.4) is 0 Å². The molecule has 2 aromatic carbocycles. The van der Waals surface area contributed by atoms with Gasteiger partial charge in [-0.1, -0.05) is 30.3 Å². The predicted molar refractivity (Wildman–Crippen MR) is 95.8 cm³/mol. The molecule has 0 amide bonds. The second-order valence-electron chi connectivity index (χ2n) is 6.89. The average Bonchev–Trinajstić information content (AvgIpc) is 2.53. The minimum absolute atomic E-state index is 0.0323. The topological polar surface area (TPSA) is 42.1 Å². The molecule has 4 rings (SSSR count). The molecular weight excluding hydrogens is 282 g/mol. The third-order valence-electron chi connectivity index (χ3n) is 4.46. The summed E-state index contributed by atoms with van der Waals surface area (Å²) in [7, 11) is 0. The summed E-state index contributed by atoms with van der Waals surface area (Å²) in [4.78, 5) is 6.86. The van der Waals surface area contributed by atoms with Crippen molar-refractivity contribution in [3.63, 3.8) is 0 Å². The number of benzene rings is 2. The number of nitrogens with two attached hydrogens (primary N) is 1. The van der Waals surface area contributed by atoms with Crippen LogP contribution in [0.15, 0.2) is 60.8 Å². The zero-order valence-electron chi connectivity index (χ0n) is 13.4. The highest BCUT2D eigenvalue weighted by Gasteiger charge is 2.34. The van der Waals surface area contributed by atoms with E-state index in [1.165, 1.54) is 22.2 Å². The Labute approximate surface area is 136 Å². The number of anilines is 1. The van der Waals surface area contributed by atoms with Gasteiger partial charge in [-0.05, 0) is 48.7 Å². The highest BCUT2D eigenvalue weighted by Crippen LogP contribution is 2.26. The van der Waals surface area contributed by atoms with Gasteiger partial charge in [-0.3, -0.25) is 4.98 Å². The summed E-state index contributed by atoms with van der Waals surface area (Å²) in [6.07, 6.45) is 2.89. The van der Waals surface area contributed by atoms with Gasteiger partial charge in [-0.25, -0.2) is 0 Å². The maximum atomic E-state index is 6.08. The molecule has 1 saturated heterocycles. The second-order valence-corrected chi connectivity index (χ2v) is 6.89. The number of hydrogen-bond donors (Lipinski definition) is 1. The normalized spacial score (nSPS) is 16.3. The van der Waals surface area contributed by atoms with E-state index in [1.807, 2.05) is 18.3 Å². The van der Waals surface area contributed by atoms with E-state index in [9.17, 15) is 0 Å². The molecule has 0 spiro atoms.